The van der Waals surface area contributed by atoms with E-state index < -0.39 is 146 Å². The van der Waals surface area contributed by atoms with Crippen LogP contribution in [0.5, 0.6) is 0 Å². The predicted octanol–water partition coefficient (Wildman–Crippen LogP) is -2.31. The van der Waals surface area contributed by atoms with Crippen molar-refractivity contribution < 1.29 is 58.2 Å². The number of aliphatic hydroxyl groups excluding tert-OH is 2. The van der Waals surface area contributed by atoms with Crippen LogP contribution in [0.3, 0.4) is 0 Å². The molecule has 1 aliphatic heterocycles. The van der Waals surface area contributed by atoms with E-state index in [0.717, 1.165) is 0 Å². The lowest BCUT2D eigenvalue weighted by molar-refractivity contribution is -0.136. The van der Waals surface area contributed by atoms with Gasteiger partial charge in [0.25, 0.3) is 0 Å². The summed E-state index contributed by atoms with van der Waals surface area (Å²) in [5.41, 5.74) is 26.2. The fraction of sp³-hybridized carbons (Fsp3) is 0.394. The first kappa shape index (κ1) is 72.5. The Morgan fingerprint density at radius 2 is 0.740 bits per heavy atom. The Morgan fingerprint density at radius 3 is 1.09 bits per heavy atom. The first-order valence-corrected chi connectivity index (χ1v) is 31.6. The molecule has 4 aromatic carbocycles. The van der Waals surface area contributed by atoms with E-state index in [2.05, 4.69) is 73.1 Å². The standard InChI is InChI=1S/C66H86N18O12/c1-37(85)55-63(95)71-29-25-53(87)77-49(31-39-15-5-3-6-16-39)59(91)82-52(34-42-36-76-46-22-12-10-20-44(42)46)62(94)80-48(24-14-28-74-66(69)70)58(90)84-56(38(2)86)64(96)72-30-26-54(88)78-50(32-40-17-7-4-8-18-40)60(92)81-51(33-41-35-75-45-21-11-9-19-43(41)45)61(93)79-47(57(89)83-55)23-13-27-73-65(67)68/h3-12,15-22,35-38,47-52,55-56,75-76,85-86H,13-14,23-34H2,1-2H3,(H,71,95)(H,72,96)(H,77,87)(H,78,88)(H,79,93)(H,80,94)(H,81,92)(H,82,91)(H,83,89)(H,84,90)(H4,67,68,73)(H4,69,70,74)/t37-,38-,47+,48+,49+,50+,51+,52+,55-,56+/m1/s1. The number of amides is 10. The van der Waals surface area contributed by atoms with Crippen LogP contribution in [-0.2, 0) is 73.6 Å². The molecule has 7 rings (SSSR count). The maximum atomic E-state index is 14.9. The molecule has 30 nitrogen and oxygen atoms in total. The van der Waals surface area contributed by atoms with Crippen molar-refractivity contribution in [1.29, 1.82) is 0 Å². The lowest BCUT2D eigenvalue weighted by Crippen LogP contribution is -2.60. The summed E-state index contributed by atoms with van der Waals surface area (Å²) in [7, 11) is 0. The maximum absolute atomic E-state index is 14.9. The highest BCUT2D eigenvalue weighted by molar-refractivity contribution is 5.99. The van der Waals surface area contributed by atoms with Gasteiger partial charge in [0, 0.05) is 98.9 Å². The highest BCUT2D eigenvalue weighted by atomic mass is 16.3. The molecule has 6 aromatic rings. The number of carbonyl (C=O) groups is 10. The van der Waals surface area contributed by atoms with Crippen molar-refractivity contribution in [2.24, 2.45) is 32.9 Å². The van der Waals surface area contributed by atoms with E-state index in [1.54, 1.807) is 109 Å². The van der Waals surface area contributed by atoms with Crippen LogP contribution in [0.25, 0.3) is 21.8 Å². The average Bonchev–Trinajstić information content (AvgIpc) is 1.68. The van der Waals surface area contributed by atoms with E-state index in [9.17, 15) is 58.2 Å². The third-order valence-electron chi connectivity index (χ3n) is 15.9. The average molecular weight is 1320 g/mol. The minimum atomic E-state index is -1.68. The molecule has 1 saturated heterocycles. The fourth-order valence-corrected chi connectivity index (χ4v) is 10.9. The summed E-state index contributed by atoms with van der Waals surface area (Å²) < 4.78 is 0. The second-order valence-electron chi connectivity index (χ2n) is 23.4. The van der Waals surface area contributed by atoms with E-state index in [-0.39, 0.29) is 76.4 Å². The quantitative estimate of drug-likeness (QED) is 0.0244. The smallest absolute Gasteiger partial charge is 0.245 e. The van der Waals surface area contributed by atoms with Crippen molar-refractivity contribution >= 4 is 92.8 Å². The molecule has 3 heterocycles. The van der Waals surface area contributed by atoms with Crippen molar-refractivity contribution in [1.82, 2.24) is 63.1 Å². The number of fused-ring (bicyclic) bond motifs is 2. The third-order valence-corrected chi connectivity index (χ3v) is 15.9. The van der Waals surface area contributed by atoms with Gasteiger partial charge >= 0.3 is 0 Å². The molecule has 1 fully saturated rings. The zero-order valence-electron chi connectivity index (χ0n) is 53.4. The molecule has 512 valence electrons. The van der Waals surface area contributed by atoms with Crippen molar-refractivity contribution in [3.8, 4) is 0 Å². The number of H-pyrrole nitrogens is 2. The number of benzene rings is 4. The monoisotopic (exact) mass is 1320 g/mol. The summed E-state index contributed by atoms with van der Waals surface area (Å²) in [5, 5.41) is 50.0. The topological polar surface area (TPSA) is 492 Å². The number of nitrogens with two attached hydrogens (primary N) is 4. The van der Waals surface area contributed by atoms with Crippen LogP contribution < -0.4 is 76.1 Å². The van der Waals surface area contributed by atoms with Crippen LogP contribution in [0.15, 0.2) is 132 Å². The molecule has 10 amide bonds. The minimum absolute atomic E-state index is 0.000967. The number of aromatic amines is 2. The summed E-state index contributed by atoms with van der Waals surface area (Å²) in [6.45, 7) is 1.70. The molecule has 0 spiro atoms. The molecular weight excluding hydrogens is 1240 g/mol. The van der Waals surface area contributed by atoms with Gasteiger partial charge in [0.2, 0.25) is 59.1 Å². The van der Waals surface area contributed by atoms with Gasteiger partial charge in [-0.2, -0.15) is 0 Å². The van der Waals surface area contributed by atoms with Crippen LogP contribution >= 0.6 is 0 Å². The van der Waals surface area contributed by atoms with Gasteiger partial charge in [-0.1, -0.05) is 97.1 Å². The lowest BCUT2D eigenvalue weighted by Gasteiger charge is -2.28. The number of aliphatic imine (C=N–C) groups is 2. The molecule has 2 aromatic heterocycles. The molecule has 10 atom stereocenters. The summed E-state index contributed by atoms with van der Waals surface area (Å²) in [6.07, 6.45) is -1.31. The van der Waals surface area contributed by atoms with Gasteiger partial charge < -0.3 is 96.3 Å². The van der Waals surface area contributed by atoms with Gasteiger partial charge in [-0.05, 0) is 73.9 Å². The van der Waals surface area contributed by atoms with Crippen molar-refractivity contribution in [2.75, 3.05) is 26.2 Å². The third kappa shape index (κ3) is 22.1. The molecule has 0 aliphatic carbocycles. The molecule has 0 bridgehead atoms. The van der Waals surface area contributed by atoms with E-state index in [0.29, 0.717) is 44.1 Å². The van der Waals surface area contributed by atoms with Gasteiger partial charge in [-0.25, -0.2) is 0 Å². The first-order chi connectivity index (χ1) is 46.0. The molecule has 96 heavy (non-hydrogen) atoms. The zero-order chi connectivity index (χ0) is 69.3. The minimum Gasteiger partial charge on any atom is -0.391 e. The number of nitrogens with one attached hydrogen (secondary N) is 12. The van der Waals surface area contributed by atoms with Crippen LogP contribution in [0, 0.1) is 0 Å². The van der Waals surface area contributed by atoms with Crippen molar-refractivity contribution in [2.45, 2.75) is 139 Å². The molecule has 30 heteroatoms. The summed E-state index contributed by atoms with van der Waals surface area (Å²) in [4.78, 5) is 158. The lowest BCUT2D eigenvalue weighted by atomic mass is 10.0. The SMILES string of the molecule is C[C@@H](O)[C@@H]1NC(=O)[C@H](CCCN=C(N)N)NC(=O)[C@H](Cc2c[nH]c3ccccc23)NC(=O)[C@H](Cc2ccccc2)NC(=O)CCNC(=O)[C@@H]([C@@H](C)O)NC(=O)[C@H](CCCN=C(N)N)NC(=O)[C@H](Cc2c[nH]c3ccccc23)NC(=O)[C@H](Cc2ccccc2)NC(=O)CCNC1=O. The van der Waals surface area contributed by atoms with Crippen LogP contribution in [-0.4, -0.2) is 178 Å². The van der Waals surface area contributed by atoms with Crippen LogP contribution in [0.2, 0.25) is 0 Å². The van der Waals surface area contributed by atoms with Gasteiger partial charge in [-0.3, -0.25) is 57.9 Å². The number of nitrogens with zero attached hydrogens (tertiary/aromatic N) is 2. The molecule has 1 aliphatic rings. The van der Waals surface area contributed by atoms with Gasteiger partial charge in [0.1, 0.15) is 48.3 Å². The number of hydrogen-bond acceptors (Lipinski definition) is 14. The molecule has 0 unspecified atom stereocenters. The van der Waals surface area contributed by atoms with E-state index in [1.165, 1.54) is 13.8 Å². The van der Waals surface area contributed by atoms with Gasteiger partial charge in [0.15, 0.2) is 11.9 Å². The molecular formula is C66H86N18O12. The Morgan fingerprint density at radius 1 is 0.417 bits per heavy atom. The Kier molecular flexibility index (Phi) is 27.2. The highest BCUT2D eigenvalue weighted by Crippen LogP contribution is 2.22. The number of aromatic nitrogens is 2. The number of carbonyl (C=O) groups excluding carboxylic acids is 10. The Hall–Kier alpha value is -10.9. The number of para-hydroxylation sites is 2. The summed E-state index contributed by atoms with van der Waals surface area (Å²) in [6, 6.07) is 19.7. The second kappa shape index (κ2) is 36.0. The van der Waals surface area contributed by atoms with Gasteiger partial charge in [-0.15, -0.1) is 0 Å². The molecule has 22 N–H and O–H groups in total. The second-order valence-corrected chi connectivity index (χ2v) is 23.4. The van der Waals surface area contributed by atoms with E-state index >= 15 is 0 Å². The highest BCUT2D eigenvalue weighted by Gasteiger charge is 2.36. The molecule has 0 radical (unpaired) electrons. The maximum Gasteiger partial charge on any atom is 0.245 e. The Bertz CT molecular complexity index is 3480. The molecule has 0 saturated carbocycles. The van der Waals surface area contributed by atoms with Crippen LogP contribution in [0.1, 0.15) is 74.6 Å². The predicted molar refractivity (Wildman–Crippen MR) is 358 cm³/mol. The van der Waals surface area contributed by atoms with Crippen molar-refractivity contribution in [3.05, 3.63) is 144 Å². The summed E-state index contributed by atoms with van der Waals surface area (Å²) in [5.74, 6) is -9.13. The first-order valence-electron chi connectivity index (χ1n) is 31.6. The fourth-order valence-electron chi connectivity index (χ4n) is 10.9. The van der Waals surface area contributed by atoms with Crippen LogP contribution in [0.4, 0.5) is 0 Å². The number of guanidine groups is 2. The summed E-state index contributed by atoms with van der Waals surface area (Å²) >= 11 is 0. The number of aliphatic hydroxyl groups is 2. The number of rotatable bonds is 18. The normalized spacial score (nSPS) is 22.1. The number of hydrogen-bond donors (Lipinski definition) is 18. The Labute approximate surface area is 553 Å². The largest absolute Gasteiger partial charge is 0.391 e. The van der Waals surface area contributed by atoms with E-state index in [4.69, 9.17) is 22.9 Å². The van der Waals surface area contributed by atoms with Gasteiger partial charge in [0.05, 0.1) is 12.2 Å². The van der Waals surface area contributed by atoms with Crippen molar-refractivity contribution in [3.63, 3.8) is 0 Å². The van der Waals surface area contributed by atoms with E-state index in [1.807, 2.05) is 12.1 Å². The Balaban J connectivity index is 1.24. The zero-order valence-corrected chi connectivity index (χ0v) is 53.4.